The quantitative estimate of drug-likeness (QED) is 0.786. The second-order valence-corrected chi connectivity index (χ2v) is 8.58. The molecule has 0 saturated carbocycles. The summed E-state index contributed by atoms with van der Waals surface area (Å²) in [5.74, 6) is -1.01. The average Bonchev–Trinajstić information content (AvgIpc) is 3.09. The first-order chi connectivity index (χ1) is 13.8. The molecule has 2 N–H and O–H groups in total. The summed E-state index contributed by atoms with van der Waals surface area (Å²) in [6.45, 7) is 1.65. The summed E-state index contributed by atoms with van der Waals surface area (Å²) < 4.78 is 41.3. The van der Waals surface area contributed by atoms with Gasteiger partial charge in [0.15, 0.2) is 0 Å². The first-order valence-electron chi connectivity index (χ1n) is 9.06. The van der Waals surface area contributed by atoms with Gasteiger partial charge in [0.1, 0.15) is 5.82 Å². The van der Waals surface area contributed by atoms with Crippen molar-refractivity contribution in [2.24, 2.45) is 0 Å². The molecule has 2 aliphatic rings. The molecule has 0 aliphatic carbocycles. The monoisotopic (exact) mass is 418 g/mol. The molecule has 1 unspecified atom stereocenters. The zero-order valence-electron chi connectivity index (χ0n) is 15.3. The van der Waals surface area contributed by atoms with E-state index in [1.54, 1.807) is 9.80 Å². The van der Waals surface area contributed by atoms with Crippen LogP contribution in [0.2, 0.25) is 0 Å². The van der Waals surface area contributed by atoms with Gasteiger partial charge in [-0.1, -0.05) is 18.2 Å². The lowest BCUT2D eigenvalue weighted by Gasteiger charge is -2.36. The maximum Gasteiger partial charge on any atom is 0.317 e. The molecule has 0 aromatic heterocycles. The summed E-state index contributed by atoms with van der Waals surface area (Å²) in [6, 6.07) is 10.9. The molecule has 2 saturated heterocycles. The molecule has 10 heteroatoms. The summed E-state index contributed by atoms with van der Waals surface area (Å²) >= 11 is 0. The molecule has 2 heterocycles. The first-order valence-corrected chi connectivity index (χ1v) is 10.5. The number of sulfonamides is 1. The number of benzene rings is 2. The van der Waals surface area contributed by atoms with E-state index in [4.69, 9.17) is 0 Å². The summed E-state index contributed by atoms with van der Waals surface area (Å²) in [6.07, 6.45) is 0. The highest BCUT2D eigenvalue weighted by atomic mass is 32.2. The number of hydrogen-bond donors (Lipinski definition) is 2. The van der Waals surface area contributed by atoms with Crippen molar-refractivity contribution in [3.05, 3.63) is 59.9 Å². The van der Waals surface area contributed by atoms with Gasteiger partial charge >= 0.3 is 6.03 Å². The number of nitrogens with one attached hydrogen (secondary N) is 2. The van der Waals surface area contributed by atoms with Gasteiger partial charge in [0.2, 0.25) is 0 Å². The number of fused-ring (bicyclic) bond motifs is 1. The predicted molar refractivity (Wildman–Crippen MR) is 103 cm³/mol. The van der Waals surface area contributed by atoms with Crippen LogP contribution in [0.25, 0.3) is 0 Å². The van der Waals surface area contributed by atoms with Crippen LogP contribution in [-0.2, 0) is 10.0 Å². The number of halogens is 1. The number of urea groups is 1. The highest BCUT2D eigenvalue weighted by molar-refractivity contribution is 7.92. The second kappa shape index (κ2) is 7.36. The van der Waals surface area contributed by atoms with E-state index in [1.165, 1.54) is 42.5 Å². The first kappa shape index (κ1) is 19.2. The Kier molecular flexibility index (Phi) is 4.87. The van der Waals surface area contributed by atoms with Gasteiger partial charge in [-0.2, -0.15) is 0 Å². The van der Waals surface area contributed by atoms with Crippen LogP contribution in [0.3, 0.4) is 0 Å². The number of carbonyl (C=O) groups is 2. The number of nitrogens with zero attached hydrogens (tertiary/aromatic N) is 2. The predicted octanol–water partition coefficient (Wildman–Crippen LogP) is 1.48. The fourth-order valence-electron chi connectivity index (χ4n) is 3.52. The van der Waals surface area contributed by atoms with E-state index in [0.29, 0.717) is 26.2 Å². The largest absolute Gasteiger partial charge is 0.336 e. The van der Waals surface area contributed by atoms with Gasteiger partial charge in [-0.25, -0.2) is 17.6 Å². The zero-order valence-corrected chi connectivity index (χ0v) is 16.2. The van der Waals surface area contributed by atoms with E-state index in [-0.39, 0.29) is 34.1 Å². The zero-order chi connectivity index (χ0) is 20.6. The van der Waals surface area contributed by atoms with Crippen LogP contribution < -0.4 is 10.0 Å². The molecule has 0 bridgehead atoms. The van der Waals surface area contributed by atoms with Crippen LogP contribution >= 0.6 is 0 Å². The van der Waals surface area contributed by atoms with Crippen molar-refractivity contribution in [3.8, 4) is 0 Å². The van der Waals surface area contributed by atoms with Gasteiger partial charge < -0.3 is 15.1 Å². The van der Waals surface area contributed by atoms with E-state index in [1.807, 2.05) is 0 Å². The van der Waals surface area contributed by atoms with Crippen LogP contribution in [0.1, 0.15) is 10.4 Å². The lowest BCUT2D eigenvalue weighted by atomic mass is 10.1. The molecule has 2 fully saturated rings. The van der Waals surface area contributed by atoms with Crippen molar-refractivity contribution in [2.45, 2.75) is 10.9 Å². The Balaban J connectivity index is 1.53. The van der Waals surface area contributed by atoms with Crippen LogP contribution in [0, 0.1) is 5.82 Å². The molecule has 2 aromatic carbocycles. The third-order valence-corrected chi connectivity index (χ3v) is 6.39. The lowest BCUT2D eigenvalue weighted by molar-refractivity contribution is 0.0616. The number of carbonyl (C=O) groups excluding carboxylic acids is 2. The minimum atomic E-state index is -4.07. The Morgan fingerprint density at radius 3 is 2.72 bits per heavy atom. The van der Waals surface area contributed by atoms with E-state index >= 15 is 0 Å². The van der Waals surface area contributed by atoms with Gasteiger partial charge in [0, 0.05) is 31.7 Å². The van der Waals surface area contributed by atoms with Crippen LogP contribution in [0.5, 0.6) is 0 Å². The van der Waals surface area contributed by atoms with Crippen molar-refractivity contribution in [2.75, 3.05) is 30.9 Å². The third kappa shape index (κ3) is 3.75. The Hall–Kier alpha value is -3.14. The van der Waals surface area contributed by atoms with Crippen molar-refractivity contribution < 1.29 is 22.4 Å². The number of piperazine rings is 1. The Morgan fingerprint density at radius 1 is 1.14 bits per heavy atom. The van der Waals surface area contributed by atoms with Crippen molar-refractivity contribution in [1.29, 1.82) is 0 Å². The minimum absolute atomic E-state index is 0.0881. The smallest absolute Gasteiger partial charge is 0.317 e. The van der Waals surface area contributed by atoms with Gasteiger partial charge in [-0.3, -0.25) is 9.52 Å². The summed E-state index contributed by atoms with van der Waals surface area (Å²) in [5, 5.41) is 2.75. The van der Waals surface area contributed by atoms with Crippen molar-refractivity contribution in [1.82, 2.24) is 15.1 Å². The maximum absolute atomic E-state index is 13.8. The maximum atomic E-state index is 13.8. The van der Waals surface area contributed by atoms with E-state index in [2.05, 4.69) is 10.0 Å². The number of amides is 3. The Bertz CT molecular complexity index is 1080. The standard InChI is InChI=1S/C19H19FN4O4S/c20-16-6-1-2-7-17(16)22-29(27,28)15-5-3-4-13(10-15)18(25)23-8-9-24-14(12-23)11-21-19(24)26/h1-7,10,14,22H,8-9,11-12H2,(H,21,26). The molecule has 152 valence electrons. The van der Waals surface area contributed by atoms with Gasteiger partial charge in [0.05, 0.1) is 16.6 Å². The molecule has 2 aromatic rings. The van der Waals surface area contributed by atoms with Crippen LogP contribution in [0.15, 0.2) is 53.4 Å². The lowest BCUT2D eigenvalue weighted by Crippen LogP contribution is -2.53. The molecular weight excluding hydrogens is 399 g/mol. The number of para-hydroxylation sites is 1. The van der Waals surface area contributed by atoms with Crippen LogP contribution in [-0.4, -0.2) is 62.4 Å². The van der Waals surface area contributed by atoms with E-state index in [9.17, 15) is 22.4 Å². The fraction of sp³-hybridized carbons (Fsp3) is 0.263. The molecule has 0 radical (unpaired) electrons. The topological polar surface area (TPSA) is 98.8 Å². The Labute approximate surface area is 167 Å². The van der Waals surface area contributed by atoms with Gasteiger partial charge in [-0.05, 0) is 30.3 Å². The highest BCUT2D eigenvalue weighted by Crippen LogP contribution is 2.21. The third-order valence-electron chi connectivity index (χ3n) is 5.03. The molecule has 2 aliphatic heterocycles. The van der Waals surface area contributed by atoms with Crippen molar-refractivity contribution in [3.63, 3.8) is 0 Å². The SMILES string of the molecule is O=C(c1cccc(S(=O)(=O)Nc2ccccc2F)c1)N1CCN2C(=O)NCC2C1. The molecular formula is C19H19FN4O4S. The number of anilines is 1. The van der Waals surface area contributed by atoms with E-state index in [0.717, 1.165) is 6.07 Å². The van der Waals surface area contributed by atoms with Crippen molar-refractivity contribution >= 4 is 27.6 Å². The fourth-order valence-corrected chi connectivity index (χ4v) is 4.63. The normalized spacial score (nSPS) is 18.9. The molecule has 1 atom stereocenters. The molecule has 8 nitrogen and oxygen atoms in total. The van der Waals surface area contributed by atoms with E-state index < -0.39 is 15.8 Å². The minimum Gasteiger partial charge on any atom is -0.336 e. The van der Waals surface area contributed by atoms with Gasteiger partial charge in [-0.15, -0.1) is 0 Å². The highest BCUT2D eigenvalue weighted by Gasteiger charge is 2.37. The van der Waals surface area contributed by atoms with Crippen LogP contribution in [0.4, 0.5) is 14.9 Å². The summed E-state index contributed by atoms with van der Waals surface area (Å²) in [5.41, 5.74) is 0.0471. The average molecular weight is 418 g/mol. The molecule has 0 spiro atoms. The second-order valence-electron chi connectivity index (χ2n) is 6.90. The summed E-state index contributed by atoms with van der Waals surface area (Å²) in [4.78, 5) is 27.8. The number of rotatable bonds is 4. The molecule has 29 heavy (non-hydrogen) atoms. The summed E-state index contributed by atoms with van der Waals surface area (Å²) in [7, 11) is -4.07. The number of hydrogen-bond acceptors (Lipinski definition) is 4. The van der Waals surface area contributed by atoms with Gasteiger partial charge in [0.25, 0.3) is 15.9 Å². The molecule has 4 rings (SSSR count). The molecule has 3 amide bonds. The Morgan fingerprint density at radius 2 is 1.93 bits per heavy atom.